The second-order valence-electron chi connectivity index (χ2n) is 3.30. The van der Waals surface area contributed by atoms with Gasteiger partial charge in [0.2, 0.25) is 5.91 Å². The molecule has 0 aliphatic carbocycles. The van der Waals surface area contributed by atoms with Crippen molar-refractivity contribution in [3.05, 3.63) is 0 Å². The molecule has 0 aromatic rings. The normalized spacial score (nSPS) is 12.2. The molecular weight excluding hydrogens is 184 g/mol. The first-order valence-electron chi connectivity index (χ1n) is 4.71. The van der Waals surface area contributed by atoms with Gasteiger partial charge in [-0.2, -0.15) is 0 Å². The van der Waals surface area contributed by atoms with Crippen molar-refractivity contribution >= 4 is 11.9 Å². The molecule has 1 atom stereocenters. The van der Waals surface area contributed by atoms with Crippen molar-refractivity contribution in [1.29, 1.82) is 0 Å². The minimum absolute atomic E-state index is 0.0406. The lowest BCUT2D eigenvalue weighted by atomic mass is 10.1. The lowest BCUT2D eigenvalue weighted by Gasteiger charge is -2.20. The summed E-state index contributed by atoms with van der Waals surface area (Å²) in [5.74, 6) is -1.10. The number of carboxylic acid groups (broad SMARTS) is 1. The molecule has 0 heterocycles. The Labute approximate surface area is 83.9 Å². The van der Waals surface area contributed by atoms with Gasteiger partial charge in [-0.05, 0) is 6.42 Å². The van der Waals surface area contributed by atoms with E-state index in [1.54, 1.807) is 7.05 Å². The quantitative estimate of drug-likeness (QED) is 0.637. The van der Waals surface area contributed by atoms with Crippen LogP contribution in [-0.2, 0) is 9.59 Å². The molecule has 0 aromatic heterocycles. The highest BCUT2D eigenvalue weighted by Crippen LogP contribution is 1.99. The average Bonchev–Trinajstić information content (AvgIpc) is 2.13. The summed E-state index contributed by atoms with van der Waals surface area (Å²) < 4.78 is 0. The van der Waals surface area contributed by atoms with Crippen molar-refractivity contribution in [2.24, 2.45) is 5.73 Å². The van der Waals surface area contributed by atoms with E-state index in [9.17, 15) is 9.59 Å². The molecule has 5 heteroatoms. The predicted molar refractivity (Wildman–Crippen MR) is 52.8 cm³/mol. The standard InChI is InChI=1S/C9H18N2O3/c1-3-4-7(10)9(14)11(2)6-5-8(12)13/h7H,3-6,10H2,1-2H3,(H,12,13). The number of carbonyl (C=O) groups excluding carboxylic acids is 1. The molecule has 0 bridgehead atoms. The molecule has 0 saturated carbocycles. The molecule has 82 valence electrons. The summed E-state index contributed by atoms with van der Waals surface area (Å²) in [7, 11) is 1.57. The zero-order valence-electron chi connectivity index (χ0n) is 8.69. The first kappa shape index (κ1) is 12.9. The van der Waals surface area contributed by atoms with Gasteiger partial charge in [-0.3, -0.25) is 9.59 Å². The number of rotatable bonds is 6. The first-order valence-corrected chi connectivity index (χ1v) is 4.71. The van der Waals surface area contributed by atoms with Gasteiger partial charge in [0.05, 0.1) is 12.5 Å². The zero-order valence-corrected chi connectivity index (χ0v) is 8.69. The highest BCUT2D eigenvalue weighted by atomic mass is 16.4. The number of nitrogens with zero attached hydrogens (tertiary/aromatic N) is 1. The van der Waals surface area contributed by atoms with Crippen molar-refractivity contribution < 1.29 is 14.7 Å². The van der Waals surface area contributed by atoms with Gasteiger partial charge in [0, 0.05) is 13.6 Å². The SMILES string of the molecule is CCCC(N)C(=O)N(C)CCC(=O)O. The van der Waals surface area contributed by atoms with Gasteiger partial charge in [-0.15, -0.1) is 0 Å². The lowest BCUT2D eigenvalue weighted by Crippen LogP contribution is -2.42. The fraction of sp³-hybridized carbons (Fsp3) is 0.778. The molecule has 14 heavy (non-hydrogen) atoms. The maximum atomic E-state index is 11.5. The number of carbonyl (C=O) groups is 2. The summed E-state index contributed by atoms with van der Waals surface area (Å²) in [6, 6.07) is -0.501. The van der Waals surface area contributed by atoms with Crippen LogP contribution in [0.4, 0.5) is 0 Å². The van der Waals surface area contributed by atoms with Crippen LogP contribution in [0.3, 0.4) is 0 Å². The molecule has 3 N–H and O–H groups in total. The molecule has 5 nitrogen and oxygen atoms in total. The van der Waals surface area contributed by atoms with E-state index >= 15 is 0 Å². The maximum absolute atomic E-state index is 11.5. The number of hydrogen-bond donors (Lipinski definition) is 2. The highest BCUT2D eigenvalue weighted by molar-refractivity contribution is 5.81. The zero-order chi connectivity index (χ0) is 11.1. The molecule has 0 rings (SSSR count). The van der Waals surface area contributed by atoms with Crippen molar-refractivity contribution in [3.63, 3.8) is 0 Å². The smallest absolute Gasteiger partial charge is 0.305 e. The predicted octanol–water partition coefficient (Wildman–Crippen LogP) is 0.0469. The molecule has 1 amide bonds. The van der Waals surface area contributed by atoms with E-state index < -0.39 is 12.0 Å². The maximum Gasteiger partial charge on any atom is 0.305 e. The van der Waals surface area contributed by atoms with Crippen LogP contribution >= 0.6 is 0 Å². The van der Waals surface area contributed by atoms with Gasteiger partial charge in [0.1, 0.15) is 0 Å². The second kappa shape index (κ2) is 6.37. The Bertz CT molecular complexity index is 206. The molecule has 0 fully saturated rings. The molecule has 0 radical (unpaired) electrons. The van der Waals surface area contributed by atoms with E-state index in [0.717, 1.165) is 6.42 Å². The van der Waals surface area contributed by atoms with Gasteiger partial charge in [0.15, 0.2) is 0 Å². The topological polar surface area (TPSA) is 83.6 Å². The Morgan fingerprint density at radius 1 is 1.50 bits per heavy atom. The number of nitrogens with two attached hydrogens (primary N) is 1. The third-order valence-electron chi connectivity index (χ3n) is 1.95. The minimum Gasteiger partial charge on any atom is -0.481 e. The second-order valence-corrected chi connectivity index (χ2v) is 3.30. The van der Waals surface area contributed by atoms with E-state index in [4.69, 9.17) is 10.8 Å². The summed E-state index contributed by atoms with van der Waals surface area (Å²) in [6.45, 7) is 2.16. The Kier molecular flexibility index (Phi) is 5.87. The molecule has 0 aliphatic heterocycles. The Balaban J connectivity index is 3.91. The van der Waals surface area contributed by atoms with Gasteiger partial charge in [-0.1, -0.05) is 13.3 Å². The molecule has 0 aliphatic rings. The third kappa shape index (κ3) is 4.81. The Morgan fingerprint density at radius 3 is 2.50 bits per heavy atom. The fourth-order valence-electron chi connectivity index (χ4n) is 1.09. The van der Waals surface area contributed by atoms with E-state index in [2.05, 4.69) is 0 Å². The van der Waals surface area contributed by atoms with Crippen LogP contribution in [0.1, 0.15) is 26.2 Å². The lowest BCUT2D eigenvalue weighted by molar-refractivity contribution is -0.138. The largest absolute Gasteiger partial charge is 0.481 e. The Morgan fingerprint density at radius 2 is 2.07 bits per heavy atom. The molecule has 1 unspecified atom stereocenters. The van der Waals surface area contributed by atoms with Crippen LogP contribution in [0.15, 0.2) is 0 Å². The summed E-state index contributed by atoms with van der Waals surface area (Å²) >= 11 is 0. The average molecular weight is 202 g/mol. The van der Waals surface area contributed by atoms with E-state index in [0.29, 0.717) is 6.42 Å². The van der Waals surface area contributed by atoms with Gasteiger partial charge >= 0.3 is 5.97 Å². The number of hydrogen-bond acceptors (Lipinski definition) is 3. The molecule has 0 saturated heterocycles. The summed E-state index contributed by atoms with van der Waals surface area (Å²) in [6.07, 6.45) is 1.44. The number of likely N-dealkylation sites (N-methyl/N-ethyl adjacent to an activating group) is 1. The molecular formula is C9H18N2O3. The van der Waals surface area contributed by atoms with Gasteiger partial charge < -0.3 is 15.7 Å². The summed E-state index contributed by atoms with van der Waals surface area (Å²) in [5.41, 5.74) is 5.60. The van der Waals surface area contributed by atoms with Crippen LogP contribution in [-0.4, -0.2) is 41.5 Å². The number of aliphatic carboxylic acids is 1. The van der Waals surface area contributed by atoms with E-state index in [1.165, 1.54) is 4.90 Å². The van der Waals surface area contributed by atoms with Crippen molar-refractivity contribution in [3.8, 4) is 0 Å². The van der Waals surface area contributed by atoms with Crippen LogP contribution in [0.25, 0.3) is 0 Å². The Hall–Kier alpha value is -1.10. The van der Waals surface area contributed by atoms with Crippen molar-refractivity contribution in [1.82, 2.24) is 4.90 Å². The van der Waals surface area contributed by atoms with Crippen LogP contribution < -0.4 is 5.73 Å². The minimum atomic E-state index is -0.909. The van der Waals surface area contributed by atoms with Crippen LogP contribution in [0.5, 0.6) is 0 Å². The van der Waals surface area contributed by atoms with Crippen LogP contribution in [0.2, 0.25) is 0 Å². The fourth-order valence-corrected chi connectivity index (χ4v) is 1.09. The van der Waals surface area contributed by atoms with Crippen molar-refractivity contribution in [2.75, 3.05) is 13.6 Å². The number of amides is 1. The van der Waals surface area contributed by atoms with E-state index in [1.807, 2.05) is 6.92 Å². The summed E-state index contributed by atoms with van der Waals surface area (Å²) in [4.78, 5) is 23.1. The third-order valence-corrected chi connectivity index (χ3v) is 1.95. The first-order chi connectivity index (χ1) is 6.49. The van der Waals surface area contributed by atoms with Crippen LogP contribution in [0, 0.1) is 0 Å². The van der Waals surface area contributed by atoms with Gasteiger partial charge in [-0.25, -0.2) is 0 Å². The molecule has 0 aromatic carbocycles. The molecule has 0 spiro atoms. The van der Waals surface area contributed by atoms with E-state index in [-0.39, 0.29) is 18.9 Å². The van der Waals surface area contributed by atoms with Crippen molar-refractivity contribution in [2.45, 2.75) is 32.2 Å². The summed E-state index contributed by atoms with van der Waals surface area (Å²) in [5, 5.41) is 8.42. The highest BCUT2D eigenvalue weighted by Gasteiger charge is 2.17. The monoisotopic (exact) mass is 202 g/mol. The number of carboxylic acids is 1. The van der Waals surface area contributed by atoms with Gasteiger partial charge in [0.25, 0.3) is 0 Å².